The van der Waals surface area contributed by atoms with Crippen molar-refractivity contribution in [2.75, 3.05) is 0 Å². The lowest BCUT2D eigenvalue weighted by molar-refractivity contribution is -0.125. The van der Waals surface area contributed by atoms with Crippen LogP contribution in [-0.2, 0) is 21.8 Å². The van der Waals surface area contributed by atoms with Crippen LogP contribution in [0.25, 0.3) is 0 Å². The summed E-state index contributed by atoms with van der Waals surface area (Å²) >= 11 is 0. The molecule has 5 heteroatoms. The summed E-state index contributed by atoms with van der Waals surface area (Å²) in [5.41, 5.74) is 2.77. The Kier molecular flexibility index (Phi) is 6.30. The van der Waals surface area contributed by atoms with Gasteiger partial charge in [0, 0.05) is 24.8 Å². The largest absolute Gasteiger partial charge is 0.491 e. The zero-order chi connectivity index (χ0) is 21.8. The Bertz CT molecular complexity index is 923. The van der Waals surface area contributed by atoms with Gasteiger partial charge < -0.3 is 14.9 Å². The van der Waals surface area contributed by atoms with Crippen molar-refractivity contribution in [3.05, 3.63) is 65.7 Å². The van der Waals surface area contributed by atoms with Crippen LogP contribution in [-0.4, -0.2) is 17.7 Å². The van der Waals surface area contributed by atoms with Crippen molar-refractivity contribution in [3.63, 3.8) is 0 Å². The van der Waals surface area contributed by atoms with Crippen molar-refractivity contribution in [2.24, 2.45) is 17.0 Å². The summed E-state index contributed by atoms with van der Waals surface area (Å²) in [5.74, 6) is 1.08. The van der Waals surface area contributed by atoms with Crippen LogP contribution < -0.4 is 10.1 Å². The van der Waals surface area contributed by atoms with E-state index < -0.39 is 5.60 Å². The first-order chi connectivity index (χ1) is 14.9. The lowest BCUT2D eigenvalue weighted by Crippen LogP contribution is -2.35. The third-order valence-corrected chi connectivity index (χ3v) is 6.31. The van der Waals surface area contributed by atoms with E-state index in [0.717, 1.165) is 48.3 Å². The van der Waals surface area contributed by atoms with Crippen LogP contribution in [0.1, 0.15) is 57.6 Å². The number of hydrogen-bond acceptors (Lipinski definition) is 4. The summed E-state index contributed by atoms with van der Waals surface area (Å²) in [6.45, 7) is 6.62. The van der Waals surface area contributed by atoms with E-state index in [4.69, 9.17) is 9.57 Å². The van der Waals surface area contributed by atoms with Gasteiger partial charge in [-0.25, -0.2) is 0 Å². The molecule has 3 atom stereocenters. The van der Waals surface area contributed by atoms with Crippen molar-refractivity contribution < 1.29 is 14.4 Å². The van der Waals surface area contributed by atoms with Crippen LogP contribution in [0.2, 0.25) is 0 Å². The van der Waals surface area contributed by atoms with Gasteiger partial charge in [0.2, 0.25) is 5.91 Å². The normalized spacial score (nSPS) is 25.2. The van der Waals surface area contributed by atoms with E-state index in [1.807, 2.05) is 56.3 Å². The number of carbonyl (C=O) groups is 1. The molecule has 2 aliphatic rings. The molecule has 1 heterocycles. The summed E-state index contributed by atoms with van der Waals surface area (Å²) < 4.78 is 5.68. The Balaban J connectivity index is 1.35. The average Bonchev–Trinajstić information content (AvgIpc) is 3.41. The highest BCUT2D eigenvalue weighted by molar-refractivity contribution is 5.93. The Morgan fingerprint density at radius 1 is 1.16 bits per heavy atom. The monoisotopic (exact) mass is 420 g/mol. The van der Waals surface area contributed by atoms with Gasteiger partial charge in [0.05, 0.1) is 11.8 Å². The molecule has 1 aliphatic heterocycles. The van der Waals surface area contributed by atoms with Crippen molar-refractivity contribution in [3.8, 4) is 5.75 Å². The number of nitrogens with zero attached hydrogens (tertiary/aromatic N) is 1. The molecule has 1 saturated carbocycles. The fourth-order valence-electron chi connectivity index (χ4n) is 4.66. The van der Waals surface area contributed by atoms with Crippen LogP contribution in [0.3, 0.4) is 0 Å². The molecule has 0 radical (unpaired) electrons. The van der Waals surface area contributed by atoms with Gasteiger partial charge in [0.25, 0.3) is 0 Å². The number of hydrogen-bond donors (Lipinski definition) is 1. The molecular weight excluding hydrogens is 388 g/mol. The van der Waals surface area contributed by atoms with Crippen LogP contribution in [0, 0.1) is 11.8 Å². The van der Waals surface area contributed by atoms with Gasteiger partial charge in [0.1, 0.15) is 5.75 Å². The van der Waals surface area contributed by atoms with Gasteiger partial charge in [-0.1, -0.05) is 54.0 Å². The summed E-state index contributed by atoms with van der Waals surface area (Å²) in [6.07, 6.45) is 3.83. The summed E-state index contributed by atoms with van der Waals surface area (Å²) in [4.78, 5) is 18.9. The number of nitrogens with one attached hydrogen (secondary N) is 1. The fraction of sp³-hybridized carbons (Fsp3) is 0.462. The molecule has 1 amide bonds. The first-order valence-electron chi connectivity index (χ1n) is 11.3. The highest BCUT2D eigenvalue weighted by atomic mass is 16.7. The standard InChI is InChI=1S/C26H32N2O3/c1-18(2)30-21-14-12-19(13-15-21)17-27-25(29)23-11-7-10-22(23)24-16-26(3,31-28-24)20-8-5-4-6-9-20/h4-6,8-9,12-15,18,22-23H,7,10-11,16-17H2,1-3H3,(H,27,29). The maximum absolute atomic E-state index is 13.0. The topological polar surface area (TPSA) is 59.9 Å². The van der Waals surface area contributed by atoms with E-state index in [2.05, 4.69) is 29.5 Å². The van der Waals surface area contributed by atoms with Gasteiger partial charge >= 0.3 is 0 Å². The van der Waals surface area contributed by atoms with Crippen molar-refractivity contribution in [1.29, 1.82) is 0 Å². The zero-order valence-electron chi connectivity index (χ0n) is 18.6. The maximum Gasteiger partial charge on any atom is 0.224 e. The molecule has 0 bridgehead atoms. The SMILES string of the molecule is CC(C)Oc1ccc(CNC(=O)C2CCCC2C2=NOC(C)(c3ccccc3)C2)cc1. The number of benzene rings is 2. The predicted octanol–water partition coefficient (Wildman–Crippen LogP) is 5.20. The summed E-state index contributed by atoms with van der Waals surface area (Å²) in [7, 11) is 0. The van der Waals surface area contributed by atoms with E-state index in [1.54, 1.807) is 0 Å². The molecule has 1 N–H and O–H groups in total. The van der Waals surface area contributed by atoms with Crippen LogP contribution in [0.5, 0.6) is 5.75 Å². The number of oxime groups is 1. The molecule has 0 aromatic heterocycles. The number of ether oxygens (including phenoxy) is 1. The highest BCUT2D eigenvalue weighted by Gasteiger charge is 2.43. The second kappa shape index (κ2) is 9.13. The molecule has 3 unspecified atom stereocenters. The Morgan fingerprint density at radius 3 is 2.61 bits per heavy atom. The minimum Gasteiger partial charge on any atom is -0.491 e. The lowest BCUT2D eigenvalue weighted by atomic mass is 9.83. The molecule has 2 aromatic rings. The van der Waals surface area contributed by atoms with E-state index in [9.17, 15) is 4.79 Å². The Labute approximate surface area is 184 Å². The fourth-order valence-corrected chi connectivity index (χ4v) is 4.66. The van der Waals surface area contributed by atoms with E-state index in [0.29, 0.717) is 6.54 Å². The number of carbonyl (C=O) groups excluding carboxylic acids is 1. The quantitative estimate of drug-likeness (QED) is 0.670. The van der Waals surface area contributed by atoms with Crippen molar-refractivity contribution in [1.82, 2.24) is 5.32 Å². The minimum absolute atomic E-state index is 0.0379. The minimum atomic E-state index is -0.444. The average molecular weight is 421 g/mol. The summed E-state index contributed by atoms with van der Waals surface area (Å²) in [6, 6.07) is 18.1. The highest BCUT2D eigenvalue weighted by Crippen LogP contribution is 2.41. The van der Waals surface area contributed by atoms with Crippen LogP contribution in [0.4, 0.5) is 0 Å². The van der Waals surface area contributed by atoms with Crippen molar-refractivity contribution in [2.45, 2.75) is 64.7 Å². The second-order valence-electron chi connectivity index (χ2n) is 9.12. The van der Waals surface area contributed by atoms with Gasteiger partial charge in [-0.3, -0.25) is 4.79 Å². The molecule has 164 valence electrons. The van der Waals surface area contributed by atoms with Gasteiger partial charge in [-0.2, -0.15) is 0 Å². The third kappa shape index (κ3) is 4.92. The zero-order valence-corrected chi connectivity index (χ0v) is 18.6. The lowest BCUT2D eigenvalue weighted by Gasteiger charge is -2.23. The molecule has 1 fully saturated rings. The van der Waals surface area contributed by atoms with Gasteiger partial charge in [-0.15, -0.1) is 0 Å². The van der Waals surface area contributed by atoms with Crippen LogP contribution in [0.15, 0.2) is 59.8 Å². The molecule has 5 nitrogen and oxygen atoms in total. The summed E-state index contributed by atoms with van der Waals surface area (Å²) in [5, 5.41) is 7.59. The molecule has 4 rings (SSSR count). The van der Waals surface area contributed by atoms with Crippen LogP contribution >= 0.6 is 0 Å². The van der Waals surface area contributed by atoms with E-state index >= 15 is 0 Å². The van der Waals surface area contributed by atoms with Gasteiger partial charge in [0.15, 0.2) is 5.60 Å². The Morgan fingerprint density at radius 2 is 1.90 bits per heavy atom. The first kappa shape index (κ1) is 21.4. The third-order valence-electron chi connectivity index (χ3n) is 6.31. The number of amides is 1. The molecule has 1 aliphatic carbocycles. The predicted molar refractivity (Wildman–Crippen MR) is 122 cm³/mol. The smallest absolute Gasteiger partial charge is 0.224 e. The van der Waals surface area contributed by atoms with Crippen molar-refractivity contribution >= 4 is 11.6 Å². The van der Waals surface area contributed by atoms with Gasteiger partial charge in [-0.05, 0) is 56.9 Å². The second-order valence-corrected chi connectivity index (χ2v) is 9.12. The molecule has 0 spiro atoms. The maximum atomic E-state index is 13.0. The molecule has 31 heavy (non-hydrogen) atoms. The number of rotatable bonds is 7. The molecule has 2 aromatic carbocycles. The first-order valence-corrected chi connectivity index (χ1v) is 11.3. The van der Waals surface area contributed by atoms with E-state index in [1.165, 1.54) is 0 Å². The molecule has 0 saturated heterocycles. The Hall–Kier alpha value is -2.82. The van der Waals surface area contributed by atoms with E-state index in [-0.39, 0.29) is 23.8 Å². The molecular formula is C26H32N2O3.